The number of urea groups is 1. The lowest BCUT2D eigenvalue weighted by Gasteiger charge is -2.23. The second-order valence-corrected chi connectivity index (χ2v) is 3.89. The van der Waals surface area contributed by atoms with Crippen LogP contribution in [0.5, 0.6) is 0 Å². The predicted molar refractivity (Wildman–Crippen MR) is 58.2 cm³/mol. The molecular weight excluding hydrogens is 253 g/mol. The molecule has 18 heavy (non-hydrogen) atoms. The van der Waals surface area contributed by atoms with Crippen LogP contribution in [0, 0.1) is 0 Å². The van der Waals surface area contributed by atoms with Gasteiger partial charge in [0.15, 0.2) is 0 Å². The van der Waals surface area contributed by atoms with Crippen LogP contribution in [0.2, 0.25) is 0 Å². The van der Waals surface area contributed by atoms with Crippen molar-refractivity contribution < 1.29 is 27.9 Å². The minimum Gasteiger partial charge on any atom is -0.481 e. The van der Waals surface area contributed by atoms with Crippen molar-refractivity contribution in [3.63, 3.8) is 0 Å². The van der Waals surface area contributed by atoms with Gasteiger partial charge in [-0.2, -0.15) is 13.2 Å². The van der Waals surface area contributed by atoms with Crippen LogP contribution >= 0.6 is 0 Å². The van der Waals surface area contributed by atoms with Gasteiger partial charge in [-0.3, -0.25) is 4.79 Å². The number of nitrogens with one attached hydrogen (secondary N) is 1. The second-order valence-electron chi connectivity index (χ2n) is 3.89. The van der Waals surface area contributed by atoms with E-state index in [-0.39, 0.29) is 19.5 Å². The van der Waals surface area contributed by atoms with Crippen LogP contribution in [0.4, 0.5) is 18.0 Å². The topological polar surface area (TPSA) is 69.6 Å². The van der Waals surface area contributed by atoms with Crippen molar-refractivity contribution in [3.05, 3.63) is 0 Å². The quantitative estimate of drug-likeness (QED) is 0.773. The zero-order valence-electron chi connectivity index (χ0n) is 10.3. The molecule has 0 radical (unpaired) electrons. The molecule has 8 heteroatoms. The Balaban J connectivity index is 4.22. The first kappa shape index (κ1) is 16.5. The van der Waals surface area contributed by atoms with Gasteiger partial charge in [0.1, 0.15) is 0 Å². The van der Waals surface area contributed by atoms with Crippen LogP contribution < -0.4 is 5.32 Å². The van der Waals surface area contributed by atoms with Crippen molar-refractivity contribution in [1.29, 1.82) is 0 Å². The Morgan fingerprint density at radius 2 is 1.94 bits per heavy atom. The number of rotatable bonds is 6. The van der Waals surface area contributed by atoms with Gasteiger partial charge in [-0.15, -0.1) is 0 Å². The molecule has 0 saturated heterocycles. The van der Waals surface area contributed by atoms with E-state index < -0.39 is 30.6 Å². The van der Waals surface area contributed by atoms with Gasteiger partial charge in [0.25, 0.3) is 0 Å². The summed E-state index contributed by atoms with van der Waals surface area (Å²) in [6.45, 7) is 3.07. The number of hydrogen-bond acceptors (Lipinski definition) is 2. The molecule has 106 valence electrons. The number of aliphatic carboxylic acids is 1. The maximum Gasteiger partial charge on any atom is 0.391 e. The molecule has 0 spiro atoms. The molecule has 0 aromatic rings. The van der Waals surface area contributed by atoms with Crippen LogP contribution in [0.3, 0.4) is 0 Å². The van der Waals surface area contributed by atoms with Gasteiger partial charge in [0.05, 0.1) is 12.8 Å². The summed E-state index contributed by atoms with van der Waals surface area (Å²) in [5.74, 6) is -1.07. The van der Waals surface area contributed by atoms with Gasteiger partial charge >= 0.3 is 18.2 Å². The van der Waals surface area contributed by atoms with Crippen LogP contribution in [0.1, 0.15) is 26.7 Å². The summed E-state index contributed by atoms with van der Waals surface area (Å²) < 4.78 is 36.2. The fraction of sp³-hybridized carbons (Fsp3) is 0.800. The SMILES string of the molecule is CCN(CCC(=O)O)C(=O)NC(C)CC(F)(F)F. The van der Waals surface area contributed by atoms with Crippen molar-refractivity contribution in [2.75, 3.05) is 13.1 Å². The monoisotopic (exact) mass is 270 g/mol. The van der Waals surface area contributed by atoms with Gasteiger partial charge in [-0.1, -0.05) is 0 Å². The number of halogens is 3. The third-order valence-corrected chi connectivity index (χ3v) is 2.17. The largest absolute Gasteiger partial charge is 0.481 e. The Labute approximate surface area is 103 Å². The molecule has 0 saturated carbocycles. The number of nitrogens with zero attached hydrogens (tertiary/aromatic N) is 1. The molecule has 1 unspecified atom stereocenters. The van der Waals surface area contributed by atoms with Crippen molar-refractivity contribution in [2.45, 2.75) is 38.9 Å². The van der Waals surface area contributed by atoms with Gasteiger partial charge in [0, 0.05) is 19.1 Å². The molecule has 0 aromatic heterocycles. The molecule has 2 N–H and O–H groups in total. The zero-order valence-corrected chi connectivity index (χ0v) is 10.3. The third kappa shape index (κ3) is 7.75. The molecular formula is C10H17F3N2O3. The van der Waals surface area contributed by atoms with E-state index in [0.717, 1.165) is 4.90 Å². The number of carbonyl (C=O) groups excluding carboxylic acids is 1. The lowest BCUT2D eigenvalue weighted by Crippen LogP contribution is -2.45. The average molecular weight is 270 g/mol. The minimum absolute atomic E-state index is 0.0313. The molecule has 0 fully saturated rings. The van der Waals surface area contributed by atoms with Gasteiger partial charge in [0.2, 0.25) is 0 Å². The Kier molecular flexibility index (Phi) is 6.50. The third-order valence-electron chi connectivity index (χ3n) is 2.17. The van der Waals surface area contributed by atoms with Crippen molar-refractivity contribution >= 4 is 12.0 Å². The van der Waals surface area contributed by atoms with E-state index in [1.807, 2.05) is 0 Å². The summed E-state index contributed by atoms with van der Waals surface area (Å²) >= 11 is 0. The molecule has 0 aromatic carbocycles. The number of carboxylic acid groups (broad SMARTS) is 1. The van der Waals surface area contributed by atoms with Crippen molar-refractivity contribution in [1.82, 2.24) is 10.2 Å². The minimum atomic E-state index is -4.34. The van der Waals surface area contributed by atoms with E-state index in [2.05, 4.69) is 5.32 Å². The molecule has 2 amide bonds. The van der Waals surface area contributed by atoms with Crippen LogP contribution in [-0.2, 0) is 4.79 Å². The number of amides is 2. The maximum atomic E-state index is 12.1. The highest BCUT2D eigenvalue weighted by Gasteiger charge is 2.31. The summed E-state index contributed by atoms with van der Waals surface area (Å²) in [6.07, 6.45) is -5.70. The lowest BCUT2D eigenvalue weighted by atomic mass is 10.2. The summed E-state index contributed by atoms with van der Waals surface area (Å²) in [5, 5.41) is 10.7. The molecule has 0 aliphatic carbocycles. The zero-order chi connectivity index (χ0) is 14.3. The molecule has 0 bridgehead atoms. The van der Waals surface area contributed by atoms with E-state index >= 15 is 0 Å². The fourth-order valence-electron chi connectivity index (χ4n) is 1.33. The normalized spacial score (nSPS) is 12.9. The first-order chi connectivity index (χ1) is 8.15. The van der Waals surface area contributed by atoms with Crippen molar-refractivity contribution in [2.24, 2.45) is 0 Å². The predicted octanol–water partition coefficient (Wildman–Crippen LogP) is 1.83. The number of carbonyl (C=O) groups is 2. The summed E-state index contributed by atoms with van der Waals surface area (Å²) in [5.41, 5.74) is 0. The standard InChI is InChI=1S/C10H17F3N2O3/c1-3-15(5-4-8(16)17)9(18)14-7(2)6-10(11,12)13/h7H,3-6H2,1-2H3,(H,14,18)(H,16,17). The Bertz CT molecular complexity index is 295. The summed E-state index contributed by atoms with van der Waals surface area (Å²) in [4.78, 5) is 23.0. The summed E-state index contributed by atoms with van der Waals surface area (Å²) in [6, 6.07) is -1.73. The summed E-state index contributed by atoms with van der Waals surface area (Å²) in [7, 11) is 0. The lowest BCUT2D eigenvalue weighted by molar-refractivity contribution is -0.138. The average Bonchev–Trinajstić information content (AvgIpc) is 2.14. The van der Waals surface area contributed by atoms with Crippen LogP contribution in [-0.4, -0.2) is 47.3 Å². The Hall–Kier alpha value is -1.47. The second kappa shape index (κ2) is 7.07. The van der Waals surface area contributed by atoms with E-state index in [0.29, 0.717) is 0 Å². The van der Waals surface area contributed by atoms with Gasteiger partial charge < -0.3 is 15.3 Å². The first-order valence-corrected chi connectivity index (χ1v) is 5.49. The van der Waals surface area contributed by atoms with E-state index in [1.165, 1.54) is 6.92 Å². The maximum absolute atomic E-state index is 12.1. The highest BCUT2D eigenvalue weighted by Crippen LogP contribution is 2.21. The van der Waals surface area contributed by atoms with Gasteiger partial charge in [-0.25, -0.2) is 4.79 Å². The Morgan fingerprint density at radius 3 is 2.33 bits per heavy atom. The Morgan fingerprint density at radius 1 is 1.39 bits per heavy atom. The van der Waals surface area contributed by atoms with E-state index in [1.54, 1.807) is 6.92 Å². The number of alkyl halides is 3. The molecule has 0 heterocycles. The highest BCUT2D eigenvalue weighted by atomic mass is 19.4. The molecule has 0 aliphatic heterocycles. The van der Waals surface area contributed by atoms with Crippen LogP contribution in [0.15, 0.2) is 0 Å². The van der Waals surface area contributed by atoms with E-state index in [9.17, 15) is 22.8 Å². The molecule has 0 aliphatic rings. The fourth-order valence-corrected chi connectivity index (χ4v) is 1.33. The smallest absolute Gasteiger partial charge is 0.391 e. The van der Waals surface area contributed by atoms with Crippen molar-refractivity contribution in [3.8, 4) is 0 Å². The number of hydrogen-bond donors (Lipinski definition) is 2. The molecule has 0 rings (SSSR count). The van der Waals surface area contributed by atoms with Crippen LogP contribution in [0.25, 0.3) is 0 Å². The highest BCUT2D eigenvalue weighted by molar-refractivity contribution is 5.75. The first-order valence-electron chi connectivity index (χ1n) is 5.49. The molecule has 1 atom stereocenters. The number of carboxylic acids is 1. The molecule has 5 nitrogen and oxygen atoms in total. The van der Waals surface area contributed by atoms with Gasteiger partial charge in [-0.05, 0) is 13.8 Å². The van der Waals surface area contributed by atoms with E-state index in [4.69, 9.17) is 5.11 Å².